The Morgan fingerprint density at radius 3 is 2.60 bits per heavy atom. The summed E-state index contributed by atoms with van der Waals surface area (Å²) in [5, 5.41) is 1.15. The Morgan fingerprint density at radius 1 is 1.10 bits per heavy atom. The van der Waals surface area contributed by atoms with Crippen LogP contribution in [-0.2, 0) is 6.42 Å². The topological polar surface area (TPSA) is 12.9 Å². The summed E-state index contributed by atoms with van der Waals surface area (Å²) in [7, 11) is 0. The molecule has 1 heterocycles. The van der Waals surface area contributed by atoms with Gasteiger partial charge in [-0.2, -0.15) is 0 Å². The Morgan fingerprint density at radius 2 is 1.85 bits per heavy atom. The lowest BCUT2D eigenvalue weighted by molar-refractivity contribution is 0.759. The molecule has 102 valence electrons. The van der Waals surface area contributed by atoms with E-state index in [2.05, 4.69) is 52.3 Å². The van der Waals surface area contributed by atoms with Gasteiger partial charge in [-0.1, -0.05) is 46.3 Å². The van der Waals surface area contributed by atoms with Gasteiger partial charge in [0.05, 0.1) is 15.2 Å². The van der Waals surface area contributed by atoms with Gasteiger partial charge in [0, 0.05) is 22.7 Å². The van der Waals surface area contributed by atoms with Gasteiger partial charge in [-0.25, -0.2) is 4.98 Å². The first-order valence-electron chi connectivity index (χ1n) is 6.43. The molecule has 2 aromatic carbocycles. The summed E-state index contributed by atoms with van der Waals surface area (Å²) in [5.41, 5.74) is 2.33. The van der Waals surface area contributed by atoms with E-state index in [1.54, 1.807) is 11.3 Å². The molecule has 3 rings (SSSR count). The summed E-state index contributed by atoms with van der Waals surface area (Å²) in [4.78, 5) is 4.70. The highest BCUT2D eigenvalue weighted by atomic mass is 79.9. The number of benzene rings is 2. The molecule has 0 spiro atoms. The van der Waals surface area contributed by atoms with Crippen molar-refractivity contribution in [3.63, 3.8) is 0 Å². The predicted molar refractivity (Wildman–Crippen MR) is 90.9 cm³/mol. The maximum Gasteiger partial charge on any atom is 0.0945 e. The third-order valence-electron chi connectivity index (χ3n) is 3.29. The van der Waals surface area contributed by atoms with Crippen molar-refractivity contribution < 1.29 is 0 Å². The second-order valence-electron chi connectivity index (χ2n) is 4.65. The molecule has 1 unspecified atom stereocenters. The van der Waals surface area contributed by atoms with Crippen molar-refractivity contribution >= 4 is 49.1 Å². The molecule has 1 atom stereocenters. The van der Waals surface area contributed by atoms with Crippen molar-refractivity contribution in [1.29, 1.82) is 0 Å². The molecule has 1 nitrogen and oxygen atoms in total. The van der Waals surface area contributed by atoms with E-state index < -0.39 is 0 Å². The van der Waals surface area contributed by atoms with E-state index in [4.69, 9.17) is 16.6 Å². The van der Waals surface area contributed by atoms with Gasteiger partial charge in [0.15, 0.2) is 0 Å². The van der Waals surface area contributed by atoms with Gasteiger partial charge < -0.3 is 0 Å². The van der Waals surface area contributed by atoms with Crippen LogP contribution in [-0.4, -0.2) is 10.9 Å². The molecule has 0 fully saturated rings. The number of para-hydroxylation sites is 1. The van der Waals surface area contributed by atoms with Crippen molar-refractivity contribution in [2.75, 3.05) is 5.88 Å². The van der Waals surface area contributed by atoms with E-state index in [1.165, 1.54) is 10.3 Å². The molecule has 0 saturated heterocycles. The van der Waals surface area contributed by atoms with E-state index in [1.807, 2.05) is 12.1 Å². The number of halogens is 2. The fourth-order valence-electron chi connectivity index (χ4n) is 2.27. The number of aromatic nitrogens is 1. The zero-order chi connectivity index (χ0) is 13.9. The molecular formula is C16H13BrClNS. The van der Waals surface area contributed by atoms with Crippen molar-refractivity contribution in [2.24, 2.45) is 0 Å². The fourth-order valence-corrected chi connectivity index (χ4v) is 4.20. The minimum Gasteiger partial charge on any atom is -0.241 e. The Balaban J connectivity index is 1.90. The molecule has 0 aliphatic carbocycles. The lowest BCUT2D eigenvalue weighted by Crippen LogP contribution is -2.05. The normalized spacial score (nSPS) is 12.7. The summed E-state index contributed by atoms with van der Waals surface area (Å²) >= 11 is 11.5. The van der Waals surface area contributed by atoms with E-state index >= 15 is 0 Å². The number of thiazole rings is 1. The van der Waals surface area contributed by atoms with Crippen molar-refractivity contribution in [3.05, 3.63) is 63.6 Å². The SMILES string of the molecule is ClCC(Cc1nc2ccccc2s1)c1ccccc1Br. The lowest BCUT2D eigenvalue weighted by Gasteiger charge is -2.14. The van der Waals surface area contributed by atoms with Crippen molar-refractivity contribution in [1.82, 2.24) is 4.98 Å². The standard InChI is InChI=1S/C16H13BrClNS/c17-13-6-2-1-5-12(13)11(10-18)9-16-19-14-7-3-4-8-15(14)20-16/h1-8,11H,9-10H2. The summed E-state index contributed by atoms with van der Waals surface area (Å²) < 4.78 is 2.36. The molecule has 4 heteroatoms. The van der Waals surface area contributed by atoms with Gasteiger partial charge in [0.25, 0.3) is 0 Å². The van der Waals surface area contributed by atoms with Crippen LogP contribution in [0.2, 0.25) is 0 Å². The molecule has 1 aromatic heterocycles. The highest BCUT2D eigenvalue weighted by molar-refractivity contribution is 9.10. The molecular weight excluding hydrogens is 354 g/mol. The molecule has 20 heavy (non-hydrogen) atoms. The molecule has 0 aliphatic heterocycles. The third kappa shape index (κ3) is 2.90. The first kappa shape index (κ1) is 14.1. The van der Waals surface area contributed by atoms with Gasteiger partial charge in [0.1, 0.15) is 0 Å². The van der Waals surface area contributed by atoms with Crippen LogP contribution in [0.1, 0.15) is 16.5 Å². The number of fused-ring (bicyclic) bond motifs is 1. The number of alkyl halides is 1. The van der Waals surface area contributed by atoms with E-state index in [0.717, 1.165) is 21.4 Å². The van der Waals surface area contributed by atoms with Crippen LogP contribution in [0.3, 0.4) is 0 Å². The summed E-state index contributed by atoms with van der Waals surface area (Å²) in [6.45, 7) is 0. The molecule has 0 bridgehead atoms. The highest BCUT2D eigenvalue weighted by Gasteiger charge is 2.16. The number of hydrogen-bond acceptors (Lipinski definition) is 2. The van der Waals surface area contributed by atoms with Crippen LogP contribution < -0.4 is 0 Å². The van der Waals surface area contributed by atoms with Gasteiger partial charge in [0.2, 0.25) is 0 Å². The first-order valence-corrected chi connectivity index (χ1v) is 8.57. The Labute approximate surface area is 135 Å². The fraction of sp³-hybridized carbons (Fsp3) is 0.188. The average Bonchev–Trinajstić information content (AvgIpc) is 2.88. The average molecular weight is 367 g/mol. The van der Waals surface area contributed by atoms with Gasteiger partial charge >= 0.3 is 0 Å². The van der Waals surface area contributed by atoms with Crippen LogP contribution >= 0.6 is 38.9 Å². The number of nitrogens with zero attached hydrogens (tertiary/aromatic N) is 1. The monoisotopic (exact) mass is 365 g/mol. The highest BCUT2D eigenvalue weighted by Crippen LogP contribution is 2.31. The summed E-state index contributed by atoms with van der Waals surface area (Å²) in [6.07, 6.45) is 0.880. The second-order valence-corrected chi connectivity index (χ2v) is 6.93. The van der Waals surface area contributed by atoms with Crippen molar-refractivity contribution in [2.45, 2.75) is 12.3 Å². The van der Waals surface area contributed by atoms with Crippen LogP contribution in [0.25, 0.3) is 10.2 Å². The van der Waals surface area contributed by atoms with Gasteiger partial charge in [-0.15, -0.1) is 22.9 Å². The van der Waals surface area contributed by atoms with Gasteiger partial charge in [-0.05, 0) is 23.8 Å². The third-order valence-corrected chi connectivity index (χ3v) is 5.44. The van der Waals surface area contributed by atoms with E-state index in [-0.39, 0.29) is 5.92 Å². The van der Waals surface area contributed by atoms with Gasteiger partial charge in [-0.3, -0.25) is 0 Å². The first-order chi connectivity index (χ1) is 9.78. The van der Waals surface area contributed by atoms with Crippen molar-refractivity contribution in [3.8, 4) is 0 Å². The Hall–Kier alpha value is -0.900. The molecule has 0 aliphatic rings. The smallest absolute Gasteiger partial charge is 0.0945 e. The van der Waals surface area contributed by atoms with Crippen LogP contribution in [0.5, 0.6) is 0 Å². The Bertz CT molecular complexity index is 692. The lowest BCUT2D eigenvalue weighted by atomic mass is 9.98. The molecule has 0 N–H and O–H groups in total. The van der Waals surface area contributed by atoms with E-state index in [9.17, 15) is 0 Å². The number of rotatable bonds is 4. The Kier molecular flexibility index (Phi) is 4.39. The molecule has 3 aromatic rings. The number of hydrogen-bond donors (Lipinski definition) is 0. The van der Waals surface area contributed by atoms with E-state index in [0.29, 0.717) is 5.88 Å². The maximum atomic E-state index is 6.18. The predicted octanol–water partition coefficient (Wildman–Crippen LogP) is 5.62. The van der Waals surface area contributed by atoms with Crippen LogP contribution in [0.4, 0.5) is 0 Å². The molecule has 0 radical (unpaired) electrons. The zero-order valence-corrected chi connectivity index (χ0v) is 13.9. The largest absolute Gasteiger partial charge is 0.241 e. The quantitative estimate of drug-likeness (QED) is 0.546. The van der Waals surface area contributed by atoms with Crippen LogP contribution in [0, 0.1) is 0 Å². The van der Waals surface area contributed by atoms with Crippen LogP contribution in [0.15, 0.2) is 53.0 Å². The summed E-state index contributed by atoms with van der Waals surface area (Å²) in [6, 6.07) is 16.5. The minimum atomic E-state index is 0.285. The summed E-state index contributed by atoms with van der Waals surface area (Å²) in [5.74, 6) is 0.881. The second kappa shape index (κ2) is 6.25. The minimum absolute atomic E-state index is 0.285. The maximum absolute atomic E-state index is 6.18. The zero-order valence-electron chi connectivity index (χ0n) is 10.7. The molecule has 0 saturated carbocycles. The molecule has 0 amide bonds.